The third-order valence-electron chi connectivity index (χ3n) is 3.41. The number of hydrogen-bond acceptors (Lipinski definition) is 5. The zero-order valence-electron chi connectivity index (χ0n) is 12.2. The molecule has 0 radical (unpaired) electrons. The van der Waals surface area contributed by atoms with Gasteiger partial charge in [0.25, 0.3) is 0 Å². The van der Waals surface area contributed by atoms with Crippen LogP contribution in [0.3, 0.4) is 0 Å². The number of oxazole rings is 1. The van der Waals surface area contributed by atoms with E-state index < -0.39 is 4.92 Å². The number of benzene rings is 1. The SMILES string of the molecule is Cc1nn(Cc2coc(-c3ccccc3)n2)c(C)c1[N+](=O)[O-]. The van der Waals surface area contributed by atoms with Crippen molar-refractivity contribution in [3.8, 4) is 11.5 Å². The zero-order valence-corrected chi connectivity index (χ0v) is 12.2. The smallest absolute Gasteiger partial charge is 0.312 e. The van der Waals surface area contributed by atoms with E-state index in [1.807, 2.05) is 30.3 Å². The fraction of sp³-hybridized carbons (Fsp3) is 0.200. The topological polar surface area (TPSA) is 87.0 Å². The molecule has 7 nitrogen and oxygen atoms in total. The molecule has 0 N–H and O–H groups in total. The Balaban J connectivity index is 1.88. The van der Waals surface area contributed by atoms with Gasteiger partial charge in [0, 0.05) is 5.56 Å². The van der Waals surface area contributed by atoms with Crippen molar-refractivity contribution in [1.29, 1.82) is 0 Å². The summed E-state index contributed by atoms with van der Waals surface area (Å²) in [5.74, 6) is 0.520. The minimum atomic E-state index is -0.410. The number of aromatic nitrogens is 3. The normalized spacial score (nSPS) is 10.8. The second-order valence-electron chi connectivity index (χ2n) is 4.94. The molecular weight excluding hydrogens is 284 g/mol. The van der Waals surface area contributed by atoms with Gasteiger partial charge in [0.1, 0.15) is 23.3 Å². The van der Waals surface area contributed by atoms with Crippen molar-refractivity contribution < 1.29 is 9.34 Å². The van der Waals surface area contributed by atoms with Crippen LogP contribution in [0.4, 0.5) is 5.69 Å². The lowest BCUT2D eigenvalue weighted by Crippen LogP contribution is -2.04. The second kappa shape index (κ2) is 5.44. The summed E-state index contributed by atoms with van der Waals surface area (Å²) in [4.78, 5) is 15.0. The van der Waals surface area contributed by atoms with Crippen molar-refractivity contribution in [1.82, 2.24) is 14.8 Å². The maximum Gasteiger partial charge on any atom is 0.312 e. The quantitative estimate of drug-likeness (QED) is 0.545. The van der Waals surface area contributed by atoms with E-state index in [4.69, 9.17) is 4.42 Å². The molecule has 0 aliphatic heterocycles. The first-order valence-corrected chi connectivity index (χ1v) is 6.74. The molecule has 0 fully saturated rings. The fourth-order valence-corrected chi connectivity index (χ4v) is 2.35. The van der Waals surface area contributed by atoms with Crippen LogP contribution in [0.15, 0.2) is 41.0 Å². The molecule has 2 aromatic heterocycles. The number of aryl methyl sites for hydroxylation is 1. The summed E-state index contributed by atoms with van der Waals surface area (Å²) < 4.78 is 7.03. The van der Waals surface area contributed by atoms with E-state index in [-0.39, 0.29) is 5.69 Å². The summed E-state index contributed by atoms with van der Waals surface area (Å²) in [6.07, 6.45) is 1.55. The van der Waals surface area contributed by atoms with Crippen molar-refractivity contribution in [2.75, 3.05) is 0 Å². The molecule has 0 atom stereocenters. The minimum Gasteiger partial charge on any atom is -0.444 e. The highest BCUT2D eigenvalue weighted by atomic mass is 16.6. The predicted molar refractivity (Wildman–Crippen MR) is 79.4 cm³/mol. The molecule has 2 heterocycles. The lowest BCUT2D eigenvalue weighted by molar-refractivity contribution is -0.386. The van der Waals surface area contributed by atoms with E-state index in [0.29, 0.717) is 29.5 Å². The van der Waals surface area contributed by atoms with Crippen LogP contribution in [0, 0.1) is 24.0 Å². The van der Waals surface area contributed by atoms with Gasteiger partial charge in [-0.2, -0.15) is 5.10 Å². The summed E-state index contributed by atoms with van der Waals surface area (Å²) in [6.45, 7) is 3.63. The molecule has 0 spiro atoms. The largest absolute Gasteiger partial charge is 0.444 e. The Bertz CT molecular complexity index is 821. The van der Waals surface area contributed by atoms with Gasteiger partial charge in [-0.15, -0.1) is 0 Å². The third kappa shape index (κ3) is 2.48. The molecule has 22 heavy (non-hydrogen) atoms. The number of hydrogen-bond donors (Lipinski definition) is 0. The molecule has 7 heteroatoms. The molecule has 1 aromatic carbocycles. The Labute approximate surface area is 126 Å². The minimum absolute atomic E-state index is 0.0479. The number of nitrogens with zero attached hydrogens (tertiary/aromatic N) is 4. The van der Waals surface area contributed by atoms with Gasteiger partial charge < -0.3 is 4.42 Å². The average Bonchev–Trinajstić information content (AvgIpc) is 3.06. The van der Waals surface area contributed by atoms with E-state index in [0.717, 1.165) is 5.56 Å². The van der Waals surface area contributed by atoms with Crippen molar-refractivity contribution in [2.24, 2.45) is 0 Å². The van der Waals surface area contributed by atoms with E-state index in [1.54, 1.807) is 24.8 Å². The lowest BCUT2D eigenvalue weighted by Gasteiger charge is -1.99. The highest BCUT2D eigenvalue weighted by molar-refractivity contribution is 5.52. The Morgan fingerprint density at radius 2 is 2.00 bits per heavy atom. The number of rotatable bonds is 4. The fourth-order valence-electron chi connectivity index (χ4n) is 2.35. The monoisotopic (exact) mass is 298 g/mol. The van der Waals surface area contributed by atoms with Crippen LogP contribution in [0.5, 0.6) is 0 Å². The maximum absolute atomic E-state index is 11.0. The van der Waals surface area contributed by atoms with Gasteiger partial charge in [-0.05, 0) is 26.0 Å². The summed E-state index contributed by atoms with van der Waals surface area (Å²) in [5.41, 5.74) is 2.50. The Hall–Kier alpha value is -2.96. The van der Waals surface area contributed by atoms with Gasteiger partial charge in [-0.3, -0.25) is 14.8 Å². The Morgan fingerprint density at radius 3 is 2.64 bits per heavy atom. The van der Waals surface area contributed by atoms with Crippen molar-refractivity contribution in [2.45, 2.75) is 20.4 Å². The molecule has 0 saturated heterocycles. The zero-order chi connectivity index (χ0) is 15.7. The first kappa shape index (κ1) is 14.0. The number of nitro groups is 1. The molecule has 0 aliphatic rings. The summed E-state index contributed by atoms with van der Waals surface area (Å²) in [6, 6.07) is 9.54. The standard InChI is InChI=1S/C15H14N4O3/c1-10-14(19(20)21)11(2)18(17-10)8-13-9-22-15(16-13)12-6-4-3-5-7-12/h3-7,9H,8H2,1-2H3. The highest BCUT2D eigenvalue weighted by Gasteiger charge is 2.22. The predicted octanol–water partition coefficient (Wildman–Crippen LogP) is 3.11. The van der Waals surface area contributed by atoms with Crippen molar-refractivity contribution in [3.63, 3.8) is 0 Å². The average molecular weight is 298 g/mol. The maximum atomic E-state index is 11.0. The van der Waals surface area contributed by atoms with Crippen LogP contribution >= 0.6 is 0 Å². The van der Waals surface area contributed by atoms with Crippen LogP contribution in [0.2, 0.25) is 0 Å². The van der Waals surface area contributed by atoms with Crippen LogP contribution in [0.1, 0.15) is 17.1 Å². The Kier molecular flexibility index (Phi) is 3.46. The highest BCUT2D eigenvalue weighted by Crippen LogP contribution is 2.23. The van der Waals surface area contributed by atoms with Gasteiger partial charge in [-0.1, -0.05) is 18.2 Å². The van der Waals surface area contributed by atoms with E-state index in [2.05, 4.69) is 10.1 Å². The molecule has 3 aromatic rings. The van der Waals surface area contributed by atoms with Gasteiger partial charge in [0.15, 0.2) is 0 Å². The molecule has 3 rings (SSSR count). The van der Waals surface area contributed by atoms with E-state index in [1.165, 1.54) is 0 Å². The first-order valence-electron chi connectivity index (χ1n) is 6.74. The summed E-state index contributed by atoms with van der Waals surface area (Å²) >= 11 is 0. The molecule has 0 aliphatic carbocycles. The van der Waals surface area contributed by atoms with E-state index >= 15 is 0 Å². The second-order valence-corrected chi connectivity index (χ2v) is 4.94. The lowest BCUT2D eigenvalue weighted by atomic mass is 10.2. The first-order chi connectivity index (χ1) is 10.6. The summed E-state index contributed by atoms with van der Waals surface area (Å²) in [5, 5.41) is 15.2. The van der Waals surface area contributed by atoms with Crippen LogP contribution in [-0.2, 0) is 6.54 Å². The van der Waals surface area contributed by atoms with Crippen LogP contribution in [-0.4, -0.2) is 19.7 Å². The van der Waals surface area contributed by atoms with Gasteiger partial charge in [0.2, 0.25) is 5.89 Å². The summed E-state index contributed by atoms with van der Waals surface area (Å²) in [7, 11) is 0. The molecule has 0 bridgehead atoms. The third-order valence-corrected chi connectivity index (χ3v) is 3.41. The van der Waals surface area contributed by atoms with Gasteiger partial charge >= 0.3 is 5.69 Å². The molecule has 0 amide bonds. The van der Waals surface area contributed by atoms with Gasteiger partial charge in [-0.25, -0.2) is 4.98 Å². The molecule has 0 unspecified atom stereocenters. The van der Waals surface area contributed by atoms with Crippen molar-refractivity contribution >= 4 is 5.69 Å². The van der Waals surface area contributed by atoms with E-state index in [9.17, 15) is 10.1 Å². The van der Waals surface area contributed by atoms with Crippen LogP contribution < -0.4 is 0 Å². The van der Waals surface area contributed by atoms with Gasteiger partial charge in [0.05, 0.1) is 11.5 Å². The molecular formula is C15H14N4O3. The van der Waals surface area contributed by atoms with Crippen LogP contribution in [0.25, 0.3) is 11.5 Å². The molecule has 112 valence electrons. The Morgan fingerprint density at radius 1 is 1.27 bits per heavy atom. The van der Waals surface area contributed by atoms with Crippen molar-refractivity contribution in [3.05, 3.63) is 63.8 Å². The molecule has 0 saturated carbocycles.